The van der Waals surface area contributed by atoms with Gasteiger partial charge in [0, 0.05) is 31.2 Å². The molecule has 0 saturated carbocycles. The number of ether oxygens (including phenoxy) is 1. The predicted molar refractivity (Wildman–Crippen MR) is 77.5 cm³/mol. The molecular weight excluding hydrogens is 236 g/mol. The second-order valence-electron chi connectivity index (χ2n) is 6.14. The number of rotatable bonds is 3. The maximum atomic E-state index is 5.82. The van der Waals surface area contributed by atoms with Crippen LogP contribution in [0.25, 0.3) is 0 Å². The lowest BCUT2D eigenvalue weighted by Crippen LogP contribution is -2.52. The molecule has 1 saturated heterocycles. The van der Waals surface area contributed by atoms with Crippen LogP contribution in [-0.4, -0.2) is 37.2 Å². The molecule has 2 unspecified atom stereocenters. The van der Waals surface area contributed by atoms with E-state index < -0.39 is 0 Å². The average Bonchev–Trinajstić information content (AvgIpc) is 2.82. The van der Waals surface area contributed by atoms with Gasteiger partial charge in [-0.2, -0.15) is 0 Å². The lowest BCUT2D eigenvalue weighted by atomic mass is 9.99. The summed E-state index contributed by atoms with van der Waals surface area (Å²) >= 11 is 0. The molecule has 104 valence electrons. The molecule has 0 aromatic heterocycles. The summed E-state index contributed by atoms with van der Waals surface area (Å²) in [4.78, 5) is 2.59. The summed E-state index contributed by atoms with van der Waals surface area (Å²) in [7, 11) is 0. The molecule has 3 heteroatoms. The Balaban J connectivity index is 1.70. The fourth-order valence-corrected chi connectivity index (χ4v) is 3.31. The summed E-state index contributed by atoms with van der Waals surface area (Å²) in [6, 6.07) is 9.55. The Morgan fingerprint density at radius 2 is 2.21 bits per heavy atom. The van der Waals surface area contributed by atoms with Crippen LogP contribution >= 0.6 is 0 Å². The van der Waals surface area contributed by atoms with E-state index in [0.29, 0.717) is 12.1 Å². The van der Waals surface area contributed by atoms with Gasteiger partial charge in [-0.15, -0.1) is 0 Å². The Morgan fingerprint density at radius 1 is 1.37 bits per heavy atom. The van der Waals surface area contributed by atoms with Crippen LogP contribution in [0.5, 0.6) is 5.75 Å². The predicted octanol–water partition coefficient (Wildman–Crippen LogP) is 2.44. The van der Waals surface area contributed by atoms with Gasteiger partial charge in [0.1, 0.15) is 12.4 Å². The zero-order valence-corrected chi connectivity index (χ0v) is 11.9. The average molecular weight is 260 g/mol. The number of nitrogens with one attached hydrogen (secondary N) is 1. The summed E-state index contributed by atoms with van der Waals surface area (Å²) < 4.78 is 5.82. The highest BCUT2D eigenvalue weighted by Crippen LogP contribution is 2.36. The lowest BCUT2D eigenvalue weighted by Gasteiger charge is -2.37. The van der Waals surface area contributed by atoms with Gasteiger partial charge in [0.05, 0.1) is 6.04 Å². The Morgan fingerprint density at radius 3 is 3.05 bits per heavy atom. The van der Waals surface area contributed by atoms with Crippen molar-refractivity contribution in [3.63, 3.8) is 0 Å². The first-order valence-electron chi connectivity index (χ1n) is 7.43. The van der Waals surface area contributed by atoms with Gasteiger partial charge in [-0.25, -0.2) is 0 Å². The topological polar surface area (TPSA) is 24.5 Å². The van der Waals surface area contributed by atoms with Crippen molar-refractivity contribution in [3.8, 4) is 5.75 Å². The molecule has 1 aromatic rings. The van der Waals surface area contributed by atoms with Crippen LogP contribution in [0, 0.1) is 5.92 Å². The number of piperazine rings is 1. The van der Waals surface area contributed by atoms with Crippen LogP contribution in [0.4, 0.5) is 0 Å². The third kappa shape index (κ3) is 2.77. The minimum atomic E-state index is 0.452. The highest BCUT2D eigenvalue weighted by molar-refractivity contribution is 5.39. The first kappa shape index (κ1) is 12.9. The molecule has 3 nitrogen and oxygen atoms in total. The Labute approximate surface area is 115 Å². The Hall–Kier alpha value is -1.06. The van der Waals surface area contributed by atoms with E-state index in [-0.39, 0.29) is 0 Å². The van der Waals surface area contributed by atoms with Crippen molar-refractivity contribution in [2.45, 2.75) is 32.4 Å². The molecule has 1 N–H and O–H groups in total. The van der Waals surface area contributed by atoms with E-state index in [1.54, 1.807) is 0 Å². The number of benzene rings is 1. The molecule has 3 rings (SSSR count). The van der Waals surface area contributed by atoms with Crippen LogP contribution < -0.4 is 10.1 Å². The molecular formula is C16H24N2O. The van der Waals surface area contributed by atoms with Crippen molar-refractivity contribution in [1.82, 2.24) is 10.2 Å². The van der Waals surface area contributed by atoms with E-state index in [1.165, 1.54) is 12.0 Å². The molecule has 0 amide bonds. The minimum Gasteiger partial charge on any atom is -0.491 e. The molecule has 0 bridgehead atoms. The first-order valence-corrected chi connectivity index (χ1v) is 7.43. The number of para-hydroxylation sites is 1. The lowest BCUT2D eigenvalue weighted by molar-refractivity contribution is 0.116. The van der Waals surface area contributed by atoms with E-state index in [4.69, 9.17) is 4.74 Å². The van der Waals surface area contributed by atoms with Crippen LogP contribution in [-0.2, 0) is 0 Å². The summed E-state index contributed by atoms with van der Waals surface area (Å²) in [5, 5.41) is 3.65. The highest BCUT2D eigenvalue weighted by Gasteiger charge is 2.32. The van der Waals surface area contributed by atoms with Crippen LogP contribution in [0.2, 0.25) is 0 Å². The number of nitrogens with zero attached hydrogens (tertiary/aromatic N) is 1. The van der Waals surface area contributed by atoms with Gasteiger partial charge < -0.3 is 10.1 Å². The molecule has 0 aliphatic carbocycles. The van der Waals surface area contributed by atoms with Gasteiger partial charge >= 0.3 is 0 Å². The van der Waals surface area contributed by atoms with Gasteiger partial charge in [0.15, 0.2) is 0 Å². The molecule has 2 atom stereocenters. The van der Waals surface area contributed by atoms with Crippen LogP contribution in [0.1, 0.15) is 31.9 Å². The van der Waals surface area contributed by atoms with Crippen molar-refractivity contribution < 1.29 is 4.74 Å². The summed E-state index contributed by atoms with van der Waals surface area (Å²) in [6.07, 6.45) is 1.26. The zero-order chi connectivity index (χ0) is 13.2. The van der Waals surface area contributed by atoms with Crippen molar-refractivity contribution in [2.24, 2.45) is 5.92 Å². The molecule has 1 aromatic carbocycles. The SMILES string of the molecule is CC(C)CC1CN(C2COc3ccccc32)CCN1. The van der Waals surface area contributed by atoms with Crippen LogP contribution in [0.15, 0.2) is 24.3 Å². The van der Waals surface area contributed by atoms with Gasteiger partial charge in [0.2, 0.25) is 0 Å². The summed E-state index contributed by atoms with van der Waals surface area (Å²) in [6.45, 7) is 8.77. The van der Waals surface area contributed by atoms with Crippen molar-refractivity contribution in [2.75, 3.05) is 26.2 Å². The normalized spacial score (nSPS) is 27.3. The monoisotopic (exact) mass is 260 g/mol. The van der Waals surface area contributed by atoms with Crippen molar-refractivity contribution in [3.05, 3.63) is 29.8 Å². The number of hydrogen-bond acceptors (Lipinski definition) is 3. The fraction of sp³-hybridized carbons (Fsp3) is 0.625. The van der Waals surface area contributed by atoms with E-state index in [0.717, 1.165) is 37.9 Å². The van der Waals surface area contributed by atoms with E-state index in [2.05, 4.69) is 48.3 Å². The van der Waals surface area contributed by atoms with Gasteiger partial charge in [-0.05, 0) is 18.4 Å². The largest absolute Gasteiger partial charge is 0.491 e. The van der Waals surface area contributed by atoms with E-state index in [9.17, 15) is 0 Å². The quantitative estimate of drug-likeness (QED) is 0.903. The standard InChI is InChI=1S/C16H24N2O/c1-12(2)9-13-10-18(8-7-17-13)15-11-19-16-6-4-3-5-14(15)16/h3-6,12-13,15,17H,7-11H2,1-2H3. The number of hydrogen-bond donors (Lipinski definition) is 1. The van der Waals surface area contributed by atoms with Crippen molar-refractivity contribution >= 4 is 0 Å². The van der Waals surface area contributed by atoms with Crippen molar-refractivity contribution in [1.29, 1.82) is 0 Å². The summed E-state index contributed by atoms with van der Waals surface area (Å²) in [5.74, 6) is 1.83. The van der Waals surface area contributed by atoms with Crippen LogP contribution in [0.3, 0.4) is 0 Å². The molecule has 0 spiro atoms. The zero-order valence-electron chi connectivity index (χ0n) is 11.9. The minimum absolute atomic E-state index is 0.452. The third-order valence-corrected chi connectivity index (χ3v) is 4.16. The molecule has 2 aliphatic heterocycles. The highest BCUT2D eigenvalue weighted by atomic mass is 16.5. The molecule has 19 heavy (non-hydrogen) atoms. The Kier molecular flexibility index (Phi) is 3.76. The second kappa shape index (κ2) is 5.51. The maximum Gasteiger partial charge on any atom is 0.124 e. The summed E-state index contributed by atoms with van der Waals surface area (Å²) in [5.41, 5.74) is 1.37. The van der Waals surface area contributed by atoms with Gasteiger partial charge in [-0.3, -0.25) is 4.90 Å². The molecule has 0 radical (unpaired) electrons. The smallest absolute Gasteiger partial charge is 0.124 e. The second-order valence-corrected chi connectivity index (χ2v) is 6.14. The first-order chi connectivity index (χ1) is 9.24. The van der Waals surface area contributed by atoms with Gasteiger partial charge in [0.25, 0.3) is 0 Å². The number of fused-ring (bicyclic) bond motifs is 1. The van der Waals surface area contributed by atoms with E-state index in [1.807, 2.05) is 0 Å². The molecule has 1 fully saturated rings. The molecule has 2 heterocycles. The third-order valence-electron chi connectivity index (χ3n) is 4.16. The Bertz CT molecular complexity index is 433. The van der Waals surface area contributed by atoms with E-state index >= 15 is 0 Å². The fourth-order valence-electron chi connectivity index (χ4n) is 3.31. The maximum absolute atomic E-state index is 5.82. The molecule has 2 aliphatic rings. The van der Waals surface area contributed by atoms with Gasteiger partial charge in [-0.1, -0.05) is 32.0 Å².